The van der Waals surface area contributed by atoms with Crippen LogP contribution in [0.1, 0.15) is 121 Å². The van der Waals surface area contributed by atoms with E-state index in [0.717, 1.165) is 44.3 Å². The van der Waals surface area contributed by atoms with Gasteiger partial charge in [0.25, 0.3) is 0 Å². The van der Waals surface area contributed by atoms with Crippen molar-refractivity contribution in [2.45, 2.75) is 121 Å². The highest BCUT2D eigenvalue weighted by molar-refractivity contribution is 5.76. The Labute approximate surface area is 254 Å². The summed E-state index contributed by atoms with van der Waals surface area (Å²) < 4.78 is 11.5. The number of hydrogen-bond acceptors (Lipinski definition) is 5. The number of amides is 1. The lowest BCUT2D eigenvalue weighted by atomic mass is 9.79. The molecule has 0 bridgehead atoms. The van der Waals surface area contributed by atoms with Crippen molar-refractivity contribution in [1.29, 1.82) is 0 Å². The van der Waals surface area contributed by atoms with E-state index >= 15 is 0 Å². The number of benzene rings is 2. The molecular formula is C36H54N2O4. The number of carbonyl (C=O) groups is 1. The second-order valence-corrected chi connectivity index (χ2v) is 12.3. The summed E-state index contributed by atoms with van der Waals surface area (Å²) in [5.41, 5.74) is -0.109. The number of hydrogen-bond donors (Lipinski definition) is 2. The lowest BCUT2D eigenvalue weighted by molar-refractivity contribution is -0.124. The van der Waals surface area contributed by atoms with Gasteiger partial charge >= 0.3 is 0 Å². The Balaban J connectivity index is 1.32. The smallest absolute Gasteiger partial charge is 0.231 e. The van der Waals surface area contributed by atoms with E-state index < -0.39 is 11.6 Å². The number of carbonyl (C=O) groups excluding carboxylic acids is 1. The minimum absolute atomic E-state index is 0.00127. The molecule has 1 amide bonds. The van der Waals surface area contributed by atoms with Crippen LogP contribution in [-0.2, 0) is 10.4 Å². The van der Waals surface area contributed by atoms with Gasteiger partial charge in [0.1, 0.15) is 5.60 Å². The Morgan fingerprint density at radius 2 is 1.45 bits per heavy atom. The normalized spacial score (nSPS) is 16.8. The molecule has 0 aromatic heterocycles. The van der Waals surface area contributed by atoms with Crippen LogP contribution < -0.4 is 14.8 Å². The van der Waals surface area contributed by atoms with Crippen molar-refractivity contribution in [3.63, 3.8) is 0 Å². The number of aliphatic hydroxyl groups is 1. The molecule has 6 heteroatoms. The summed E-state index contributed by atoms with van der Waals surface area (Å²) in [6, 6.07) is 14.8. The van der Waals surface area contributed by atoms with Crippen LogP contribution in [0.25, 0.3) is 0 Å². The number of nitrogens with one attached hydrogen (secondary N) is 1. The minimum Gasteiger partial charge on any atom is -0.454 e. The Hall–Kier alpha value is -2.57. The van der Waals surface area contributed by atoms with Crippen LogP contribution in [0, 0.1) is 0 Å². The van der Waals surface area contributed by atoms with Crippen molar-refractivity contribution in [1.82, 2.24) is 10.2 Å². The van der Waals surface area contributed by atoms with Crippen LogP contribution in [0.3, 0.4) is 0 Å². The van der Waals surface area contributed by atoms with Crippen LogP contribution in [-0.4, -0.2) is 48.4 Å². The lowest BCUT2D eigenvalue weighted by Gasteiger charge is -2.40. The summed E-state index contributed by atoms with van der Waals surface area (Å²) >= 11 is 0. The van der Waals surface area contributed by atoms with Crippen LogP contribution in [0.5, 0.6) is 11.5 Å². The number of rotatable bonds is 20. The van der Waals surface area contributed by atoms with Crippen molar-refractivity contribution >= 4 is 5.91 Å². The van der Waals surface area contributed by atoms with Crippen molar-refractivity contribution in [3.05, 3.63) is 59.7 Å². The molecule has 2 aromatic carbocycles. The van der Waals surface area contributed by atoms with E-state index in [0.29, 0.717) is 30.0 Å². The van der Waals surface area contributed by atoms with E-state index in [4.69, 9.17) is 9.47 Å². The van der Waals surface area contributed by atoms with Gasteiger partial charge in [0.05, 0.1) is 6.04 Å². The van der Waals surface area contributed by atoms with Gasteiger partial charge in [-0.25, -0.2) is 0 Å². The van der Waals surface area contributed by atoms with Gasteiger partial charge in [0, 0.05) is 18.5 Å². The zero-order valence-electron chi connectivity index (χ0n) is 26.0. The van der Waals surface area contributed by atoms with Gasteiger partial charge in [0.15, 0.2) is 11.5 Å². The molecule has 1 saturated heterocycles. The second kappa shape index (κ2) is 17.5. The molecule has 0 saturated carbocycles. The first kappa shape index (κ1) is 32.3. The van der Waals surface area contributed by atoms with Gasteiger partial charge in [-0.1, -0.05) is 126 Å². The van der Waals surface area contributed by atoms with Crippen LogP contribution in [0.15, 0.2) is 48.5 Å². The number of likely N-dealkylation sites (tertiary alicyclic amines) is 1. The van der Waals surface area contributed by atoms with Crippen molar-refractivity contribution in [2.24, 2.45) is 0 Å². The first-order chi connectivity index (χ1) is 20.6. The van der Waals surface area contributed by atoms with Crippen LogP contribution in [0.2, 0.25) is 0 Å². The molecule has 2 unspecified atom stereocenters. The van der Waals surface area contributed by atoms with Gasteiger partial charge in [-0.3, -0.25) is 4.79 Å². The van der Waals surface area contributed by atoms with Crippen molar-refractivity contribution in [3.8, 4) is 11.5 Å². The average Bonchev–Trinajstić information content (AvgIpc) is 3.71. The summed E-state index contributed by atoms with van der Waals surface area (Å²) in [6.07, 6.45) is 19.4. The molecule has 232 valence electrons. The van der Waals surface area contributed by atoms with E-state index in [1.54, 1.807) is 0 Å². The molecule has 2 aromatic rings. The molecule has 4 rings (SSSR count). The second-order valence-electron chi connectivity index (χ2n) is 12.3. The summed E-state index contributed by atoms with van der Waals surface area (Å²) in [7, 11) is 0. The molecule has 0 spiro atoms. The van der Waals surface area contributed by atoms with Gasteiger partial charge in [0.2, 0.25) is 12.7 Å². The Bertz CT molecular complexity index is 1060. The number of ether oxygens (including phenoxy) is 2. The van der Waals surface area contributed by atoms with Crippen LogP contribution in [0.4, 0.5) is 0 Å². The third-order valence-corrected chi connectivity index (χ3v) is 9.01. The lowest BCUT2D eigenvalue weighted by Crippen LogP contribution is -2.56. The summed E-state index contributed by atoms with van der Waals surface area (Å²) in [5.74, 6) is 1.18. The first-order valence-corrected chi connectivity index (χ1v) is 16.8. The maximum Gasteiger partial charge on any atom is 0.231 e. The van der Waals surface area contributed by atoms with E-state index in [-0.39, 0.29) is 12.7 Å². The highest BCUT2D eigenvalue weighted by Crippen LogP contribution is 2.45. The zero-order valence-corrected chi connectivity index (χ0v) is 26.0. The quantitative estimate of drug-likeness (QED) is 0.158. The highest BCUT2D eigenvalue weighted by atomic mass is 16.7. The number of unbranched alkanes of at least 4 members (excludes halogenated alkanes) is 12. The molecule has 2 aliphatic rings. The predicted octanol–water partition coefficient (Wildman–Crippen LogP) is 7.71. The van der Waals surface area contributed by atoms with Gasteiger partial charge in [-0.2, -0.15) is 0 Å². The third kappa shape index (κ3) is 9.21. The molecule has 42 heavy (non-hydrogen) atoms. The largest absolute Gasteiger partial charge is 0.454 e. The number of nitrogens with zero attached hydrogens (tertiary/aromatic N) is 1. The monoisotopic (exact) mass is 578 g/mol. The average molecular weight is 579 g/mol. The number of fused-ring (bicyclic) bond motifs is 1. The molecule has 2 heterocycles. The predicted molar refractivity (Wildman–Crippen MR) is 170 cm³/mol. The summed E-state index contributed by atoms with van der Waals surface area (Å²) in [5, 5.41) is 16.0. The first-order valence-electron chi connectivity index (χ1n) is 16.8. The van der Waals surface area contributed by atoms with E-state index in [2.05, 4.69) is 17.1 Å². The molecule has 2 aliphatic heterocycles. The molecule has 6 nitrogen and oxygen atoms in total. The van der Waals surface area contributed by atoms with Crippen molar-refractivity contribution in [2.75, 3.05) is 26.4 Å². The van der Waals surface area contributed by atoms with Crippen LogP contribution >= 0.6 is 0 Å². The molecular weight excluding hydrogens is 524 g/mol. The zero-order chi connectivity index (χ0) is 29.5. The van der Waals surface area contributed by atoms with E-state index in [1.807, 2.05) is 48.5 Å². The fraction of sp³-hybridized carbons (Fsp3) is 0.639. The molecule has 2 N–H and O–H groups in total. The standard InChI is InChI=1S/C36H54N2O4/c1-2-3-4-5-6-7-8-9-10-11-12-13-17-25-34(39)37-33(28-38-26-18-19-27-38)36(40,30-21-15-14-16-22-30)31-23-20-24-32-35(31)42-29-41-32/h14-16,20-24,33,40H,2-13,17-19,25-29H2,1H3,(H,37,39). The molecule has 1 fully saturated rings. The molecule has 0 radical (unpaired) electrons. The van der Waals surface area contributed by atoms with Crippen molar-refractivity contribution < 1.29 is 19.4 Å². The molecule has 0 aliphatic carbocycles. The SMILES string of the molecule is CCCCCCCCCCCCCCCC(=O)NC(CN1CCCC1)C(O)(c1ccccc1)c1cccc2c1OCO2. The fourth-order valence-electron chi connectivity index (χ4n) is 6.54. The Morgan fingerprint density at radius 3 is 2.10 bits per heavy atom. The fourth-order valence-corrected chi connectivity index (χ4v) is 6.54. The van der Waals surface area contributed by atoms with Gasteiger partial charge < -0.3 is 24.8 Å². The maximum atomic E-state index is 13.4. The van der Waals surface area contributed by atoms with Gasteiger partial charge in [-0.05, 0) is 44.0 Å². The van der Waals surface area contributed by atoms with E-state index in [1.165, 1.54) is 70.6 Å². The van der Waals surface area contributed by atoms with Gasteiger partial charge in [-0.15, -0.1) is 0 Å². The topological polar surface area (TPSA) is 71.0 Å². The van der Waals surface area contributed by atoms with E-state index in [9.17, 15) is 9.90 Å². The minimum atomic E-state index is -1.48. The third-order valence-electron chi connectivity index (χ3n) is 9.01. The summed E-state index contributed by atoms with van der Waals surface area (Å²) in [4.78, 5) is 15.7. The summed E-state index contributed by atoms with van der Waals surface area (Å²) in [6.45, 7) is 4.91. The maximum absolute atomic E-state index is 13.4. The molecule has 2 atom stereocenters. The Morgan fingerprint density at radius 1 is 0.833 bits per heavy atom. The number of para-hydroxylation sites is 1. The Kier molecular flexibility index (Phi) is 13.5. The highest BCUT2D eigenvalue weighted by Gasteiger charge is 2.45.